The average Bonchev–Trinajstić information content (AvgIpc) is 2.54. The highest BCUT2D eigenvalue weighted by Crippen LogP contribution is 2.11. The molecule has 0 heterocycles. The standard InChI is InChI=1S/C18H19N3O3/c1-12(22)20-15-9-5-8-14(11-15)18(24)21-16(17(19)23)10-13-6-3-2-4-7-13/h2-9,11,16H,10H2,1H3,(H2,19,23)(H,20,22)(H,21,24)/t16-/m1/s1. The molecule has 0 saturated heterocycles. The zero-order valence-electron chi connectivity index (χ0n) is 13.3. The van der Waals surface area contributed by atoms with Gasteiger partial charge >= 0.3 is 0 Å². The highest BCUT2D eigenvalue weighted by molar-refractivity contribution is 5.99. The number of carbonyl (C=O) groups is 3. The predicted molar refractivity (Wildman–Crippen MR) is 91.3 cm³/mol. The van der Waals surface area contributed by atoms with Gasteiger partial charge in [-0.2, -0.15) is 0 Å². The molecule has 24 heavy (non-hydrogen) atoms. The van der Waals surface area contributed by atoms with Gasteiger partial charge < -0.3 is 16.4 Å². The summed E-state index contributed by atoms with van der Waals surface area (Å²) in [6.45, 7) is 1.38. The van der Waals surface area contributed by atoms with Crippen molar-refractivity contribution in [2.24, 2.45) is 5.73 Å². The maximum absolute atomic E-state index is 12.4. The molecule has 6 heteroatoms. The second-order valence-electron chi connectivity index (χ2n) is 5.38. The van der Waals surface area contributed by atoms with Crippen LogP contribution in [0.4, 0.5) is 5.69 Å². The van der Waals surface area contributed by atoms with E-state index in [1.54, 1.807) is 18.2 Å². The maximum atomic E-state index is 12.4. The molecule has 0 aliphatic carbocycles. The molecule has 2 rings (SSSR count). The molecule has 0 aliphatic rings. The quantitative estimate of drug-likeness (QED) is 0.749. The lowest BCUT2D eigenvalue weighted by Crippen LogP contribution is -2.45. The van der Waals surface area contributed by atoms with Crippen LogP contribution in [0.2, 0.25) is 0 Å². The average molecular weight is 325 g/mol. The first kappa shape index (κ1) is 17.2. The molecule has 2 aromatic carbocycles. The van der Waals surface area contributed by atoms with Crippen LogP contribution in [0.1, 0.15) is 22.8 Å². The Labute approximate surface area is 140 Å². The van der Waals surface area contributed by atoms with Crippen LogP contribution >= 0.6 is 0 Å². The fourth-order valence-electron chi connectivity index (χ4n) is 2.26. The van der Waals surface area contributed by atoms with Crippen molar-refractivity contribution in [2.75, 3.05) is 5.32 Å². The minimum absolute atomic E-state index is 0.230. The number of nitrogens with two attached hydrogens (primary N) is 1. The molecular weight excluding hydrogens is 306 g/mol. The van der Waals surface area contributed by atoms with E-state index in [9.17, 15) is 14.4 Å². The molecule has 0 fully saturated rings. The first-order valence-electron chi connectivity index (χ1n) is 7.47. The highest BCUT2D eigenvalue weighted by Gasteiger charge is 2.19. The highest BCUT2D eigenvalue weighted by atomic mass is 16.2. The zero-order chi connectivity index (χ0) is 17.5. The van der Waals surface area contributed by atoms with E-state index in [0.717, 1.165) is 5.56 Å². The van der Waals surface area contributed by atoms with Crippen molar-refractivity contribution in [3.05, 3.63) is 65.7 Å². The monoisotopic (exact) mass is 325 g/mol. The van der Waals surface area contributed by atoms with Gasteiger partial charge in [0.15, 0.2) is 0 Å². The topological polar surface area (TPSA) is 101 Å². The summed E-state index contributed by atoms with van der Waals surface area (Å²) in [4.78, 5) is 35.1. The lowest BCUT2D eigenvalue weighted by Gasteiger charge is -2.16. The molecule has 1 atom stereocenters. The van der Waals surface area contributed by atoms with Gasteiger partial charge in [-0.15, -0.1) is 0 Å². The van der Waals surface area contributed by atoms with Crippen molar-refractivity contribution in [3.8, 4) is 0 Å². The Bertz CT molecular complexity index is 744. The van der Waals surface area contributed by atoms with Gasteiger partial charge in [-0.25, -0.2) is 0 Å². The smallest absolute Gasteiger partial charge is 0.252 e. The summed E-state index contributed by atoms with van der Waals surface area (Å²) in [6, 6.07) is 14.9. The number of anilines is 1. The fourth-order valence-corrected chi connectivity index (χ4v) is 2.26. The summed E-state index contributed by atoms with van der Waals surface area (Å²) in [7, 11) is 0. The number of hydrogen-bond donors (Lipinski definition) is 3. The largest absolute Gasteiger partial charge is 0.368 e. The van der Waals surface area contributed by atoms with Crippen LogP contribution in [0.3, 0.4) is 0 Å². The van der Waals surface area contributed by atoms with Gasteiger partial charge in [0.05, 0.1) is 0 Å². The van der Waals surface area contributed by atoms with Crippen molar-refractivity contribution in [1.29, 1.82) is 0 Å². The third-order valence-corrected chi connectivity index (χ3v) is 3.38. The molecule has 3 amide bonds. The van der Waals surface area contributed by atoms with Crippen molar-refractivity contribution >= 4 is 23.4 Å². The van der Waals surface area contributed by atoms with Crippen LogP contribution in [0.5, 0.6) is 0 Å². The van der Waals surface area contributed by atoms with Gasteiger partial charge in [-0.05, 0) is 23.8 Å². The number of nitrogens with one attached hydrogen (secondary N) is 2. The van der Waals surface area contributed by atoms with Gasteiger partial charge in [-0.3, -0.25) is 14.4 Å². The third kappa shape index (κ3) is 4.95. The summed E-state index contributed by atoms with van der Waals surface area (Å²) in [6.07, 6.45) is 0.313. The van der Waals surface area contributed by atoms with E-state index in [0.29, 0.717) is 17.7 Å². The third-order valence-electron chi connectivity index (χ3n) is 3.38. The molecule has 0 aliphatic heterocycles. The fraction of sp³-hybridized carbons (Fsp3) is 0.167. The molecule has 0 unspecified atom stereocenters. The van der Waals surface area contributed by atoms with Gasteiger partial charge in [0.2, 0.25) is 11.8 Å². The van der Waals surface area contributed by atoms with Crippen LogP contribution in [0.25, 0.3) is 0 Å². The van der Waals surface area contributed by atoms with E-state index < -0.39 is 17.9 Å². The number of benzene rings is 2. The number of rotatable bonds is 6. The number of hydrogen-bond acceptors (Lipinski definition) is 3. The second kappa shape index (κ2) is 7.92. The molecule has 0 saturated carbocycles. The van der Waals surface area contributed by atoms with Crippen molar-refractivity contribution in [1.82, 2.24) is 5.32 Å². The number of carbonyl (C=O) groups excluding carboxylic acids is 3. The first-order valence-corrected chi connectivity index (χ1v) is 7.47. The summed E-state index contributed by atoms with van der Waals surface area (Å²) < 4.78 is 0. The molecule has 6 nitrogen and oxygen atoms in total. The van der Waals surface area contributed by atoms with Crippen LogP contribution in [-0.4, -0.2) is 23.8 Å². The minimum Gasteiger partial charge on any atom is -0.368 e. The maximum Gasteiger partial charge on any atom is 0.252 e. The van der Waals surface area contributed by atoms with Crippen LogP contribution in [0.15, 0.2) is 54.6 Å². The summed E-state index contributed by atoms with van der Waals surface area (Å²) >= 11 is 0. The van der Waals surface area contributed by atoms with E-state index >= 15 is 0 Å². The molecule has 2 aromatic rings. The molecule has 0 spiro atoms. The van der Waals surface area contributed by atoms with Gasteiger partial charge in [0.1, 0.15) is 6.04 Å². The van der Waals surface area contributed by atoms with Gasteiger partial charge in [0, 0.05) is 24.6 Å². The summed E-state index contributed by atoms with van der Waals surface area (Å²) in [5, 5.41) is 5.24. The molecule has 0 radical (unpaired) electrons. The first-order chi connectivity index (χ1) is 11.5. The van der Waals surface area contributed by atoms with E-state index in [-0.39, 0.29) is 5.91 Å². The SMILES string of the molecule is CC(=O)Nc1cccc(C(=O)N[C@H](Cc2ccccc2)C(N)=O)c1. The van der Waals surface area contributed by atoms with Crippen LogP contribution in [-0.2, 0) is 16.0 Å². The Morgan fingerprint density at radius 2 is 1.75 bits per heavy atom. The molecule has 4 N–H and O–H groups in total. The van der Waals surface area contributed by atoms with E-state index in [1.165, 1.54) is 13.0 Å². The summed E-state index contributed by atoms with van der Waals surface area (Å²) in [5.41, 5.74) is 7.13. The normalized spacial score (nSPS) is 11.4. The Hall–Kier alpha value is -3.15. The lowest BCUT2D eigenvalue weighted by atomic mass is 10.0. The van der Waals surface area contributed by atoms with E-state index in [2.05, 4.69) is 10.6 Å². The van der Waals surface area contributed by atoms with Crippen LogP contribution < -0.4 is 16.4 Å². The molecule has 0 aromatic heterocycles. The van der Waals surface area contributed by atoms with Gasteiger partial charge in [-0.1, -0.05) is 36.4 Å². The number of primary amides is 1. The van der Waals surface area contributed by atoms with E-state index in [4.69, 9.17) is 5.73 Å². The lowest BCUT2D eigenvalue weighted by molar-refractivity contribution is -0.119. The van der Waals surface area contributed by atoms with Crippen molar-refractivity contribution < 1.29 is 14.4 Å². The minimum atomic E-state index is -0.815. The predicted octanol–water partition coefficient (Wildman–Crippen LogP) is 1.47. The van der Waals surface area contributed by atoms with Crippen molar-refractivity contribution in [2.45, 2.75) is 19.4 Å². The molecule has 124 valence electrons. The molecule has 0 bridgehead atoms. The van der Waals surface area contributed by atoms with E-state index in [1.807, 2.05) is 30.3 Å². The Morgan fingerprint density at radius 3 is 2.38 bits per heavy atom. The summed E-state index contributed by atoms with van der Waals surface area (Å²) in [5.74, 6) is -1.26. The zero-order valence-corrected chi connectivity index (χ0v) is 13.3. The van der Waals surface area contributed by atoms with Crippen molar-refractivity contribution in [3.63, 3.8) is 0 Å². The Morgan fingerprint density at radius 1 is 1.04 bits per heavy atom. The number of amides is 3. The van der Waals surface area contributed by atoms with Crippen LogP contribution in [0, 0.1) is 0 Å². The van der Waals surface area contributed by atoms with Gasteiger partial charge in [0.25, 0.3) is 5.91 Å². The Kier molecular flexibility index (Phi) is 5.68. The molecular formula is C18H19N3O3. The Balaban J connectivity index is 2.10. The second-order valence-corrected chi connectivity index (χ2v) is 5.38.